The Kier molecular flexibility index (Phi) is 7.80. The van der Waals surface area contributed by atoms with Crippen LogP contribution in [0.1, 0.15) is 35.8 Å². The van der Waals surface area contributed by atoms with Crippen molar-refractivity contribution in [3.05, 3.63) is 83.9 Å². The van der Waals surface area contributed by atoms with Gasteiger partial charge >= 0.3 is 0 Å². The maximum Gasteiger partial charge on any atom is 0.285 e. The van der Waals surface area contributed by atoms with Crippen molar-refractivity contribution in [3.63, 3.8) is 0 Å². The predicted molar refractivity (Wildman–Crippen MR) is 138 cm³/mol. The van der Waals surface area contributed by atoms with Gasteiger partial charge in [0.05, 0.1) is 12.2 Å². The molecular formula is C27H27N3O5S. The van der Waals surface area contributed by atoms with E-state index in [2.05, 4.69) is 10.7 Å². The zero-order valence-corrected chi connectivity index (χ0v) is 21.0. The summed E-state index contributed by atoms with van der Waals surface area (Å²) in [4.78, 5) is 38.9. The van der Waals surface area contributed by atoms with Crippen molar-refractivity contribution >= 4 is 35.2 Å². The molecule has 9 heteroatoms. The molecule has 1 heterocycles. The zero-order valence-electron chi connectivity index (χ0n) is 20.2. The minimum absolute atomic E-state index is 0.236. The highest BCUT2D eigenvalue weighted by molar-refractivity contribution is 7.98. The van der Waals surface area contributed by atoms with Crippen molar-refractivity contribution in [2.75, 3.05) is 18.2 Å². The fourth-order valence-corrected chi connectivity index (χ4v) is 4.32. The molecule has 0 saturated carbocycles. The number of ether oxygens (including phenoxy) is 2. The number of carbonyl (C=O) groups is 3. The average molecular weight is 506 g/mol. The number of β-lactam (4-membered cyclic amide) rings is 1. The minimum Gasteiger partial charge on any atom is -0.493 e. The first-order chi connectivity index (χ1) is 17.4. The normalized spacial score (nSPS) is 16.6. The molecule has 3 aromatic carbocycles. The van der Waals surface area contributed by atoms with Crippen LogP contribution in [0.5, 0.6) is 11.5 Å². The van der Waals surface area contributed by atoms with Crippen LogP contribution in [0.15, 0.2) is 77.7 Å². The first kappa shape index (κ1) is 25.1. The van der Waals surface area contributed by atoms with Crippen molar-refractivity contribution in [2.24, 2.45) is 0 Å². The lowest BCUT2D eigenvalue weighted by atomic mass is 9.92. The van der Waals surface area contributed by atoms with Gasteiger partial charge in [0.25, 0.3) is 11.8 Å². The molecule has 0 unspecified atom stereocenters. The largest absolute Gasteiger partial charge is 0.493 e. The smallest absolute Gasteiger partial charge is 0.285 e. The number of hydrogen-bond acceptors (Lipinski definition) is 6. The number of hydrazine groups is 1. The topological polar surface area (TPSA) is 97.0 Å². The van der Waals surface area contributed by atoms with Gasteiger partial charge in [-0.25, -0.2) is 5.01 Å². The Morgan fingerprint density at radius 3 is 2.39 bits per heavy atom. The van der Waals surface area contributed by atoms with Gasteiger partial charge in [-0.05, 0) is 55.1 Å². The third-order valence-electron chi connectivity index (χ3n) is 5.58. The summed E-state index contributed by atoms with van der Waals surface area (Å²) in [6.45, 7) is 3.52. The maximum absolute atomic E-state index is 13.2. The van der Waals surface area contributed by atoms with Gasteiger partial charge < -0.3 is 14.8 Å². The Hall–Kier alpha value is -3.98. The summed E-state index contributed by atoms with van der Waals surface area (Å²) in [6, 6.07) is 21.1. The number of thioether (sulfide) groups is 1. The van der Waals surface area contributed by atoms with Gasteiger partial charge in [0.2, 0.25) is 12.0 Å². The highest BCUT2D eigenvalue weighted by atomic mass is 32.2. The van der Waals surface area contributed by atoms with Crippen LogP contribution in [-0.4, -0.2) is 41.7 Å². The van der Waals surface area contributed by atoms with Crippen LogP contribution < -0.4 is 20.2 Å². The van der Waals surface area contributed by atoms with Gasteiger partial charge in [-0.2, -0.15) is 0 Å². The van der Waals surface area contributed by atoms with Crippen LogP contribution in [0.3, 0.4) is 0 Å². The molecule has 1 aliphatic heterocycles. The van der Waals surface area contributed by atoms with Crippen LogP contribution in [0.4, 0.5) is 5.69 Å². The number of rotatable bonds is 9. The van der Waals surface area contributed by atoms with Gasteiger partial charge in [0, 0.05) is 23.6 Å². The average Bonchev–Trinajstić information content (AvgIpc) is 2.88. The standard InChI is InChI=1S/C27H27N3O5S/c1-4-34-23-16-19(28-17(2)31)12-15-22(23)26(32)29-30-24(18-10-13-21(36-3)14-11-18)25(27(30)33)35-20-8-6-5-7-9-20/h5-16,24-25H,4H2,1-3H3,(H,28,31)(H,29,32)/t24-,25+/m0/s1. The van der Waals surface area contributed by atoms with Gasteiger partial charge in [0.1, 0.15) is 17.5 Å². The highest BCUT2D eigenvalue weighted by Gasteiger charge is 2.51. The Morgan fingerprint density at radius 2 is 1.75 bits per heavy atom. The number of para-hydroxylation sites is 1. The lowest BCUT2D eigenvalue weighted by Crippen LogP contribution is -2.67. The fourth-order valence-electron chi connectivity index (χ4n) is 3.91. The molecule has 1 saturated heterocycles. The van der Waals surface area contributed by atoms with Crippen LogP contribution in [0, 0.1) is 0 Å². The van der Waals surface area contributed by atoms with Crippen molar-refractivity contribution in [3.8, 4) is 11.5 Å². The summed E-state index contributed by atoms with van der Waals surface area (Å²) in [7, 11) is 0. The lowest BCUT2D eigenvalue weighted by Gasteiger charge is -2.46. The van der Waals surface area contributed by atoms with Crippen LogP contribution in [0.25, 0.3) is 0 Å². The number of amides is 3. The number of benzene rings is 3. The Bertz CT molecular complexity index is 1250. The number of anilines is 1. The summed E-state index contributed by atoms with van der Waals surface area (Å²) in [6.07, 6.45) is 1.20. The molecule has 0 spiro atoms. The minimum atomic E-state index is -0.790. The first-order valence-electron chi connectivity index (χ1n) is 11.5. The second-order valence-corrected chi connectivity index (χ2v) is 8.92. The lowest BCUT2D eigenvalue weighted by molar-refractivity contribution is -0.169. The van der Waals surface area contributed by atoms with Crippen LogP contribution >= 0.6 is 11.8 Å². The molecule has 3 aromatic rings. The third kappa shape index (κ3) is 5.46. The number of nitrogens with one attached hydrogen (secondary N) is 2. The highest BCUT2D eigenvalue weighted by Crippen LogP contribution is 2.37. The first-order valence-corrected chi connectivity index (χ1v) is 12.7. The molecule has 8 nitrogen and oxygen atoms in total. The molecule has 4 rings (SSSR count). The molecule has 3 amide bonds. The SMILES string of the molecule is CCOc1cc(NC(C)=O)ccc1C(=O)NN1C(=O)[C@H](Oc2ccccc2)[C@@H]1c1ccc(SC)cc1. The van der Waals surface area contributed by atoms with E-state index in [-0.39, 0.29) is 17.4 Å². The molecule has 0 aromatic heterocycles. The summed E-state index contributed by atoms with van der Waals surface area (Å²) >= 11 is 1.62. The van der Waals surface area contributed by atoms with E-state index in [9.17, 15) is 14.4 Å². The summed E-state index contributed by atoms with van der Waals surface area (Å²) < 4.78 is 11.6. The van der Waals surface area contributed by atoms with E-state index in [1.807, 2.05) is 48.7 Å². The Balaban J connectivity index is 1.59. The Labute approximate surface area is 213 Å². The van der Waals surface area contributed by atoms with Gasteiger partial charge in [-0.1, -0.05) is 30.3 Å². The molecule has 1 fully saturated rings. The zero-order chi connectivity index (χ0) is 25.7. The number of carbonyl (C=O) groups excluding carboxylic acids is 3. The van der Waals surface area contributed by atoms with E-state index in [4.69, 9.17) is 9.47 Å². The van der Waals surface area contributed by atoms with Crippen molar-refractivity contribution < 1.29 is 23.9 Å². The summed E-state index contributed by atoms with van der Waals surface area (Å²) in [5.74, 6) is -0.239. The quantitative estimate of drug-likeness (QED) is 0.330. The summed E-state index contributed by atoms with van der Waals surface area (Å²) in [5.41, 5.74) is 4.30. The van der Waals surface area contributed by atoms with E-state index < -0.39 is 18.1 Å². The molecule has 2 atom stereocenters. The molecule has 2 N–H and O–H groups in total. The van der Waals surface area contributed by atoms with Crippen LogP contribution in [-0.2, 0) is 9.59 Å². The van der Waals surface area contributed by atoms with Crippen molar-refractivity contribution in [2.45, 2.75) is 30.9 Å². The summed E-state index contributed by atoms with van der Waals surface area (Å²) in [5, 5.41) is 3.97. The second-order valence-electron chi connectivity index (χ2n) is 8.04. The predicted octanol–water partition coefficient (Wildman–Crippen LogP) is 4.44. The van der Waals surface area contributed by atoms with E-state index in [1.165, 1.54) is 11.9 Å². The molecule has 0 radical (unpaired) electrons. The maximum atomic E-state index is 13.2. The second kappa shape index (κ2) is 11.2. The Morgan fingerprint density at radius 1 is 1.03 bits per heavy atom. The third-order valence-corrected chi connectivity index (χ3v) is 6.32. The van der Waals surface area contributed by atoms with E-state index >= 15 is 0 Å². The number of hydrogen-bond donors (Lipinski definition) is 2. The monoisotopic (exact) mass is 505 g/mol. The molecule has 0 aliphatic carbocycles. The molecular weight excluding hydrogens is 478 g/mol. The molecule has 186 valence electrons. The van der Waals surface area contributed by atoms with E-state index in [0.717, 1.165) is 10.5 Å². The molecule has 36 heavy (non-hydrogen) atoms. The van der Waals surface area contributed by atoms with Crippen molar-refractivity contribution in [1.29, 1.82) is 0 Å². The van der Waals surface area contributed by atoms with Gasteiger partial charge in [-0.3, -0.25) is 19.8 Å². The van der Waals surface area contributed by atoms with Crippen molar-refractivity contribution in [1.82, 2.24) is 10.4 Å². The van der Waals surface area contributed by atoms with Gasteiger partial charge in [0.15, 0.2) is 0 Å². The fraction of sp³-hybridized carbons (Fsp3) is 0.222. The van der Waals surface area contributed by atoms with Gasteiger partial charge in [-0.15, -0.1) is 11.8 Å². The van der Waals surface area contributed by atoms with E-state index in [1.54, 1.807) is 49.0 Å². The van der Waals surface area contributed by atoms with E-state index in [0.29, 0.717) is 23.8 Å². The number of nitrogens with zero attached hydrogens (tertiary/aromatic N) is 1. The molecule has 1 aliphatic rings. The van der Waals surface area contributed by atoms with Crippen LogP contribution in [0.2, 0.25) is 0 Å². The molecule has 0 bridgehead atoms.